The molecule has 0 amide bonds. The number of unbranched alkanes of at least 4 members (excludes halogenated alkanes) is 28. The molecular formula is C38H72N2. The van der Waals surface area contributed by atoms with Crippen LogP contribution in [0.4, 0.5) is 0 Å². The molecule has 1 rings (SSSR count). The van der Waals surface area contributed by atoms with Gasteiger partial charge in [-0.05, 0) is 31.7 Å². The minimum absolute atomic E-state index is 1.13. The average molecular weight is 557 g/mol. The van der Waals surface area contributed by atoms with Gasteiger partial charge in [0.1, 0.15) is 6.33 Å². The highest BCUT2D eigenvalue weighted by Crippen LogP contribution is 2.16. The molecule has 0 aliphatic carbocycles. The van der Waals surface area contributed by atoms with Gasteiger partial charge in [0.25, 0.3) is 0 Å². The summed E-state index contributed by atoms with van der Waals surface area (Å²) in [7, 11) is 0. The van der Waals surface area contributed by atoms with Gasteiger partial charge in [-0.3, -0.25) is 0 Å². The summed E-state index contributed by atoms with van der Waals surface area (Å²) < 4.78 is 0. The zero-order valence-corrected chi connectivity index (χ0v) is 27.7. The first-order valence-corrected chi connectivity index (χ1v) is 18.7. The van der Waals surface area contributed by atoms with Crippen LogP contribution in [0.2, 0.25) is 0 Å². The Morgan fingerprint density at radius 3 is 0.800 bits per heavy atom. The number of hydrogen-bond acceptors (Lipinski definition) is 2. The molecule has 0 fully saturated rings. The lowest BCUT2D eigenvalue weighted by molar-refractivity contribution is 0.531. The zero-order valence-electron chi connectivity index (χ0n) is 27.7. The smallest absolute Gasteiger partial charge is 0.115 e. The Kier molecular flexibility index (Phi) is 28.8. The number of aromatic nitrogens is 2. The Morgan fingerprint density at radius 2 is 0.550 bits per heavy atom. The first-order valence-electron chi connectivity index (χ1n) is 18.7. The van der Waals surface area contributed by atoms with Crippen LogP contribution >= 0.6 is 0 Å². The molecule has 0 aliphatic heterocycles. The van der Waals surface area contributed by atoms with Crippen LogP contribution in [0.1, 0.15) is 218 Å². The number of hydrogen-bond donors (Lipinski definition) is 0. The molecule has 0 atom stereocenters. The number of rotatable bonds is 32. The average Bonchev–Trinajstić information content (AvgIpc) is 2.97. The Morgan fingerprint density at radius 1 is 0.325 bits per heavy atom. The van der Waals surface area contributed by atoms with Gasteiger partial charge in [-0.15, -0.1) is 0 Å². The molecule has 0 aliphatic rings. The Labute approximate surface area is 252 Å². The molecule has 40 heavy (non-hydrogen) atoms. The van der Waals surface area contributed by atoms with Crippen LogP contribution < -0.4 is 0 Å². The van der Waals surface area contributed by atoms with E-state index in [2.05, 4.69) is 29.9 Å². The molecule has 0 unspecified atom stereocenters. The van der Waals surface area contributed by atoms with E-state index in [1.807, 2.05) is 0 Å². The van der Waals surface area contributed by atoms with Crippen molar-refractivity contribution >= 4 is 0 Å². The lowest BCUT2D eigenvalue weighted by Crippen LogP contribution is -1.97. The van der Waals surface area contributed by atoms with Crippen molar-refractivity contribution in [3.05, 3.63) is 23.8 Å². The van der Waals surface area contributed by atoms with Crippen molar-refractivity contribution < 1.29 is 0 Å². The van der Waals surface area contributed by atoms with E-state index in [-0.39, 0.29) is 0 Å². The van der Waals surface area contributed by atoms with Crippen molar-refractivity contribution in [1.29, 1.82) is 0 Å². The quantitative estimate of drug-likeness (QED) is 0.0824. The van der Waals surface area contributed by atoms with E-state index in [1.165, 1.54) is 204 Å². The highest BCUT2D eigenvalue weighted by atomic mass is 14.8. The molecule has 1 aromatic rings. The third-order valence-electron chi connectivity index (χ3n) is 8.85. The fourth-order valence-corrected chi connectivity index (χ4v) is 6.07. The van der Waals surface area contributed by atoms with Crippen molar-refractivity contribution in [2.45, 2.75) is 219 Å². The van der Waals surface area contributed by atoms with E-state index in [1.54, 1.807) is 6.33 Å². The molecule has 2 heteroatoms. The normalized spacial score (nSPS) is 11.4. The Hall–Kier alpha value is -0.920. The largest absolute Gasteiger partial charge is 0.241 e. The van der Waals surface area contributed by atoms with Gasteiger partial charge in [-0.2, -0.15) is 0 Å². The molecule has 0 spiro atoms. The number of nitrogens with zero attached hydrogens (tertiary/aromatic N) is 2. The lowest BCUT2D eigenvalue weighted by atomic mass is 10.0. The molecule has 0 radical (unpaired) electrons. The first kappa shape index (κ1) is 37.1. The Balaban J connectivity index is 1.86. The molecule has 1 aromatic heterocycles. The summed E-state index contributed by atoms with van der Waals surface area (Å²) in [6, 6.07) is 2.29. The first-order chi connectivity index (χ1) is 19.9. The summed E-state index contributed by atoms with van der Waals surface area (Å²) in [4.78, 5) is 9.11. The minimum Gasteiger partial charge on any atom is -0.241 e. The molecule has 0 saturated heterocycles. The van der Waals surface area contributed by atoms with E-state index >= 15 is 0 Å². The van der Waals surface area contributed by atoms with Gasteiger partial charge in [0, 0.05) is 11.4 Å². The van der Waals surface area contributed by atoms with E-state index in [0.717, 1.165) is 12.8 Å². The second-order valence-electron chi connectivity index (χ2n) is 12.9. The SMILES string of the molecule is CCCCCCCCCCCCCCCCCc1cc(CCCCCCCCCCCCCCCCC)ncn1. The van der Waals surface area contributed by atoms with Gasteiger partial charge in [-0.25, -0.2) is 9.97 Å². The van der Waals surface area contributed by atoms with Crippen LogP contribution in [-0.4, -0.2) is 9.97 Å². The molecule has 0 aromatic carbocycles. The summed E-state index contributed by atoms with van der Waals surface area (Å²) in [6.07, 6.45) is 46.8. The predicted molar refractivity (Wildman–Crippen MR) is 179 cm³/mol. The van der Waals surface area contributed by atoms with Crippen LogP contribution in [0, 0.1) is 0 Å². The van der Waals surface area contributed by atoms with Crippen molar-refractivity contribution in [3.8, 4) is 0 Å². The predicted octanol–water partition coefficient (Wildman–Crippen LogP) is 13.3. The summed E-state index contributed by atoms with van der Waals surface area (Å²) in [6.45, 7) is 4.60. The molecule has 2 nitrogen and oxygen atoms in total. The third-order valence-corrected chi connectivity index (χ3v) is 8.85. The van der Waals surface area contributed by atoms with Gasteiger partial charge >= 0.3 is 0 Å². The second kappa shape index (κ2) is 31.0. The maximum Gasteiger partial charge on any atom is 0.115 e. The van der Waals surface area contributed by atoms with Crippen molar-refractivity contribution in [2.24, 2.45) is 0 Å². The second-order valence-corrected chi connectivity index (χ2v) is 12.9. The van der Waals surface area contributed by atoms with Crippen LogP contribution in [-0.2, 0) is 12.8 Å². The number of aryl methyl sites for hydroxylation is 2. The minimum atomic E-state index is 1.13. The summed E-state index contributed by atoms with van der Waals surface area (Å²) in [5.41, 5.74) is 2.53. The van der Waals surface area contributed by atoms with Gasteiger partial charge in [0.05, 0.1) is 0 Å². The molecule has 234 valence electrons. The summed E-state index contributed by atoms with van der Waals surface area (Å²) in [5.74, 6) is 0. The van der Waals surface area contributed by atoms with Gasteiger partial charge in [0.2, 0.25) is 0 Å². The summed E-state index contributed by atoms with van der Waals surface area (Å²) in [5, 5.41) is 0. The fourth-order valence-electron chi connectivity index (χ4n) is 6.07. The van der Waals surface area contributed by atoms with Crippen LogP contribution in [0.3, 0.4) is 0 Å². The van der Waals surface area contributed by atoms with Crippen molar-refractivity contribution in [3.63, 3.8) is 0 Å². The van der Waals surface area contributed by atoms with Crippen LogP contribution in [0.5, 0.6) is 0 Å². The molecular weight excluding hydrogens is 484 g/mol. The Bertz CT molecular complexity index is 564. The zero-order chi connectivity index (χ0) is 28.6. The molecule has 0 bridgehead atoms. The van der Waals surface area contributed by atoms with Gasteiger partial charge in [0.15, 0.2) is 0 Å². The highest BCUT2D eigenvalue weighted by Gasteiger charge is 2.01. The maximum absolute atomic E-state index is 4.55. The molecule has 1 heterocycles. The molecule has 0 saturated carbocycles. The topological polar surface area (TPSA) is 25.8 Å². The molecule has 0 N–H and O–H groups in total. The van der Waals surface area contributed by atoms with Crippen molar-refractivity contribution in [1.82, 2.24) is 9.97 Å². The fraction of sp³-hybridized carbons (Fsp3) is 0.895. The van der Waals surface area contributed by atoms with Gasteiger partial charge in [-0.1, -0.05) is 194 Å². The van der Waals surface area contributed by atoms with Crippen LogP contribution in [0.25, 0.3) is 0 Å². The van der Waals surface area contributed by atoms with E-state index < -0.39 is 0 Å². The van der Waals surface area contributed by atoms with Gasteiger partial charge < -0.3 is 0 Å². The van der Waals surface area contributed by atoms with E-state index in [0.29, 0.717) is 0 Å². The standard InChI is InChI=1S/C38H72N2/c1-3-5-7-9-11-13-15-17-19-21-23-25-27-29-31-33-37-35-38(40-36-39-37)34-32-30-28-26-24-22-20-18-16-14-12-10-8-6-4-2/h35-36H,3-34H2,1-2H3. The van der Waals surface area contributed by atoms with Crippen molar-refractivity contribution in [2.75, 3.05) is 0 Å². The summed E-state index contributed by atoms with van der Waals surface area (Å²) >= 11 is 0. The maximum atomic E-state index is 4.55. The van der Waals surface area contributed by atoms with E-state index in [9.17, 15) is 0 Å². The third kappa shape index (κ3) is 26.0. The van der Waals surface area contributed by atoms with Crippen LogP contribution in [0.15, 0.2) is 12.4 Å². The lowest BCUT2D eigenvalue weighted by Gasteiger charge is -2.05. The monoisotopic (exact) mass is 557 g/mol. The van der Waals surface area contributed by atoms with E-state index in [4.69, 9.17) is 0 Å². The highest BCUT2D eigenvalue weighted by molar-refractivity contribution is 5.08.